The van der Waals surface area contributed by atoms with Gasteiger partial charge in [-0.25, -0.2) is 0 Å². The van der Waals surface area contributed by atoms with Crippen molar-refractivity contribution in [2.75, 3.05) is 6.54 Å². The SMILES string of the molecule is CC[C@@H]1C[C@H]1CNC#N. The van der Waals surface area contributed by atoms with Crippen LogP contribution in [0.5, 0.6) is 0 Å². The maximum absolute atomic E-state index is 8.14. The fourth-order valence-corrected chi connectivity index (χ4v) is 1.24. The molecule has 0 heterocycles. The van der Waals surface area contributed by atoms with Gasteiger partial charge in [0.05, 0.1) is 0 Å². The summed E-state index contributed by atoms with van der Waals surface area (Å²) in [4.78, 5) is 0. The van der Waals surface area contributed by atoms with Gasteiger partial charge >= 0.3 is 0 Å². The molecular formula is C7H12N2. The quantitative estimate of drug-likeness (QED) is 0.452. The number of hydrogen-bond donors (Lipinski definition) is 1. The summed E-state index contributed by atoms with van der Waals surface area (Å²) in [5.41, 5.74) is 0. The molecule has 9 heavy (non-hydrogen) atoms. The van der Waals surface area contributed by atoms with Crippen LogP contribution in [-0.2, 0) is 0 Å². The fourth-order valence-electron chi connectivity index (χ4n) is 1.24. The fraction of sp³-hybridized carbons (Fsp3) is 0.857. The van der Waals surface area contributed by atoms with Crippen LogP contribution in [-0.4, -0.2) is 6.54 Å². The van der Waals surface area contributed by atoms with Gasteiger partial charge in [-0.05, 0) is 18.3 Å². The van der Waals surface area contributed by atoms with E-state index in [9.17, 15) is 0 Å². The Labute approximate surface area is 55.9 Å². The molecule has 1 aliphatic rings. The lowest BCUT2D eigenvalue weighted by molar-refractivity contribution is 0.653. The van der Waals surface area contributed by atoms with Gasteiger partial charge in [-0.15, -0.1) is 0 Å². The molecule has 0 aliphatic heterocycles. The highest BCUT2D eigenvalue weighted by atomic mass is 14.9. The Bertz CT molecular complexity index is 125. The molecule has 2 nitrogen and oxygen atoms in total. The largest absolute Gasteiger partial charge is 0.324 e. The minimum atomic E-state index is 0.801. The molecule has 0 aromatic carbocycles. The van der Waals surface area contributed by atoms with Crippen LogP contribution in [0.2, 0.25) is 0 Å². The number of nitrogens with one attached hydrogen (secondary N) is 1. The van der Waals surface area contributed by atoms with Gasteiger partial charge in [0.2, 0.25) is 0 Å². The van der Waals surface area contributed by atoms with E-state index < -0.39 is 0 Å². The first kappa shape index (κ1) is 6.41. The monoisotopic (exact) mass is 124 g/mol. The Kier molecular flexibility index (Phi) is 1.94. The Hall–Kier alpha value is -0.710. The van der Waals surface area contributed by atoms with Crippen molar-refractivity contribution in [3.8, 4) is 6.19 Å². The Morgan fingerprint density at radius 1 is 1.67 bits per heavy atom. The molecule has 0 bridgehead atoms. The van der Waals surface area contributed by atoms with Crippen LogP contribution in [0, 0.1) is 23.3 Å². The molecule has 1 rings (SSSR count). The lowest BCUT2D eigenvalue weighted by atomic mass is 10.2. The molecule has 1 saturated carbocycles. The summed E-state index contributed by atoms with van der Waals surface area (Å²) in [6.07, 6.45) is 4.53. The predicted molar refractivity (Wildman–Crippen MR) is 35.5 cm³/mol. The van der Waals surface area contributed by atoms with Crippen molar-refractivity contribution in [3.63, 3.8) is 0 Å². The zero-order valence-corrected chi connectivity index (χ0v) is 5.72. The maximum atomic E-state index is 8.14. The van der Waals surface area contributed by atoms with Crippen LogP contribution < -0.4 is 5.32 Å². The standard InChI is InChI=1S/C7H12N2/c1-2-6-3-7(6)4-9-5-8/h6-7,9H,2-4H2,1H3/t6-,7+/m1/s1. The summed E-state index contributed by atoms with van der Waals surface area (Å²) in [6, 6.07) is 0. The number of nitrogens with zero attached hydrogens (tertiary/aromatic N) is 1. The molecule has 2 heteroatoms. The molecule has 0 saturated heterocycles. The minimum Gasteiger partial charge on any atom is -0.324 e. The molecule has 0 aromatic rings. The second-order valence-corrected chi connectivity index (χ2v) is 2.66. The first-order chi connectivity index (χ1) is 4.38. The lowest BCUT2D eigenvalue weighted by Crippen LogP contribution is -2.09. The Morgan fingerprint density at radius 2 is 2.44 bits per heavy atom. The van der Waals surface area contributed by atoms with Gasteiger partial charge in [0.25, 0.3) is 0 Å². The minimum absolute atomic E-state index is 0.801. The third kappa shape index (κ3) is 1.60. The highest BCUT2D eigenvalue weighted by Gasteiger charge is 2.34. The van der Waals surface area contributed by atoms with E-state index in [1.807, 2.05) is 6.19 Å². The van der Waals surface area contributed by atoms with Crippen LogP contribution in [0.1, 0.15) is 19.8 Å². The van der Waals surface area contributed by atoms with Crippen LogP contribution >= 0.6 is 0 Å². The van der Waals surface area contributed by atoms with Crippen LogP contribution in [0.4, 0.5) is 0 Å². The topological polar surface area (TPSA) is 35.8 Å². The van der Waals surface area contributed by atoms with Crippen molar-refractivity contribution in [2.45, 2.75) is 19.8 Å². The first-order valence-corrected chi connectivity index (χ1v) is 3.50. The normalized spacial score (nSPS) is 31.1. The molecule has 0 amide bonds. The van der Waals surface area contributed by atoms with E-state index in [1.54, 1.807) is 0 Å². The molecule has 0 spiro atoms. The van der Waals surface area contributed by atoms with Crippen molar-refractivity contribution in [2.24, 2.45) is 11.8 Å². The highest BCUT2D eigenvalue weighted by Crippen LogP contribution is 2.40. The molecule has 1 fully saturated rings. The van der Waals surface area contributed by atoms with Crippen LogP contribution in [0.3, 0.4) is 0 Å². The zero-order chi connectivity index (χ0) is 6.69. The van der Waals surface area contributed by atoms with Crippen molar-refractivity contribution >= 4 is 0 Å². The molecule has 0 unspecified atom stereocenters. The van der Waals surface area contributed by atoms with E-state index >= 15 is 0 Å². The van der Waals surface area contributed by atoms with Gasteiger partial charge in [0, 0.05) is 6.54 Å². The molecule has 1 aliphatic carbocycles. The average Bonchev–Trinajstić information content (AvgIpc) is 2.62. The summed E-state index contributed by atoms with van der Waals surface area (Å²) in [5, 5.41) is 10.8. The molecular weight excluding hydrogens is 112 g/mol. The van der Waals surface area contributed by atoms with E-state index in [2.05, 4.69) is 12.2 Å². The molecule has 0 aromatic heterocycles. The Morgan fingerprint density at radius 3 is 2.89 bits per heavy atom. The second-order valence-electron chi connectivity index (χ2n) is 2.66. The first-order valence-electron chi connectivity index (χ1n) is 3.50. The van der Waals surface area contributed by atoms with Gasteiger partial charge < -0.3 is 5.32 Å². The van der Waals surface area contributed by atoms with Crippen molar-refractivity contribution in [1.29, 1.82) is 5.26 Å². The number of nitriles is 1. The smallest absolute Gasteiger partial charge is 0.176 e. The maximum Gasteiger partial charge on any atom is 0.176 e. The summed E-state index contributed by atoms with van der Waals surface area (Å²) in [7, 11) is 0. The summed E-state index contributed by atoms with van der Waals surface area (Å²) in [5.74, 6) is 1.71. The molecule has 50 valence electrons. The second kappa shape index (κ2) is 2.72. The predicted octanol–water partition coefficient (Wildman–Crippen LogP) is 1.10. The molecule has 1 N–H and O–H groups in total. The summed E-state index contributed by atoms with van der Waals surface area (Å²) in [6.45, 7) is 3.10. The molecule has 0 radical (unpaired) electrons. The molecule has 2 atom stereocenters. The van der Waals surface area contributed by atoms with Gasteiger partial charge in [0.15, 0.2) is 6.19 Å². The van der Waals surface area contributed by atoms with E-state index in [0.717, 1.165) is 18.4 Å². The van der Waals surface area contributed by atoms with E-state index in [4.69, 9.17) is 5.26 Å². The summed E-state index contributed by atoms with van der Waals surface area (Å²) >= 11 is 0. The van der Waals surface area contributed by atoms with Crippen molar-refractivity contribution < 1.29 is 0 Å². The summed E-state index contributed by atoms with van der Waals surface area (Å²) < 4.78 is 0. The number of rotatable bonds is 3. The van der Waals surface area contributed by atoms with Crippen LogP contribution in [0.15, 0.2) is 0 Å². The third-order valence-corrected chi connectivity index (χ3v) is 2.04. The highest BCUT2D eigenvalue weighted by molar-refractivity contribution is 4.88. The van der Waals surface area contributed by atoms with Crippen LogP contribution in [0.25, 0.3) is 0 Å². The third-order valence-electron chi connectivity index (χ3n) is 2.04. The van der Waals surface area contributed by atoms with Gasteiger partial charge in [-0.2, -0.15) is 5.26 Å². The van der Waals surface area contributed by atoms with Gasteiger partial charge in [0.1, 0.15) is 0 Å². The van der Waals surface area contributed by atoms with Crippen molar-refractivity contribution in [1.82, 2.24) is 5.32 Å². The van der Waals surface area contributed by atoms with Crippen molar-refractivity contribution in [3.05, 3.63) is 0 Å². The zero-order valence-electron chi connectivity index (χ0n) is 5.72. The Balaban J connectivity index is 2.00. The van der Waals surface area contributed by atoms with E-state index in [-0.39, 0.29) is 0 Å². The van der Waals surface area contributed by atoms with E-state index in [1.165, 1.54) is 12.8 Å². The average molecular weight is 124 g/mol. The van der Waals surface area contributed by atoms with Gasteiger partial charge in [-0.1, -0.05) is 13.3 Å². The lowest BCUT2D eigenvalue weighted by Gasteiger charge is -1.92. The number of hydrogen-bond acceptors (Lipinski definition) is 2. The van der Waals surface area contributed by atoms with Gasteiger partial charge in [-0.3, -0.25) is 0 Å². The van der Waals surface area contributed by atoms with E-state index in [0.29, 0.717) is 0 Å².